The topological polar surface area (TPSA) is 98.2 Å². The maximum absolute atomic E-state index is 13.6. The first-order chi connectivity index (χ1) is 20.4. The molecule has 8 nitrogen and oxygen atoms in total. The minimum absolute atomic E-state index is 0.0392. The largest absolute Gasteiger partial charge is 0.503 e. The van der Waals surface area contributed by atoms with E-state index >= 15 is 0 Å². The molecule has 1 amide bonds. The highest BCUT2D eigenvalue weighted by atomic mass is 32.1. The van der Waals surface area contributed by atoms with Crippen LogP contribution in [0.25, 0.3) is 16.3 Å². The maximum atomic E-state index is 13.6. The molecule has 1 aliphatic heterocycles. The fourth-order valence-corrected chi connectivity index (χ4v) is 5.85. The van der Waals surface area contributed by atoms with Crippen molar-refractivity contribution in [2.45, 2.75) is 32.2 Å². The van der Waals surface area contributed by atoms with Crippen LogP contribution in [0.15, 0.2) is 84.1 Å². The quantitative estimate of drug-likeness (QED) is 0.141. The Morgan fingerprint density at radius 3 is 2.57 bits per heavy atom. The van der Waals surface area contributed by atoms with E-state index in [1.54, 1.807) is 50.6 Å². The summed E-state index contributed by atoms with van der Waals surface area (Å²) >= 11 is 1.27. The average molecular weight is 585 g/mol. The monoisotopic (exact) mass is 584 g/mol. The molecule has 42 heavy (non-hydrogen) atoms. The van der Waals surface area contributed by atoms with E-state index in [0.717, 1.165) is 29.5 Å². The first-order valence-corrected chi connectivity index (χ1v) is 14.6. The number of ketones is 1. The van der Waals surface area contributed by atoms with Gasteiger partial charge in [-0.3, -0.25) is 14.5 Å². The van der Waals surface area contributed by atoms with Crippen molar-refractivity contribution in [3.63, 3.8) is 0 Å². The van der Waals surface area contributed by atoms with Crippen LogP contribution in [0.4, 0.5) is 5.13 Å². The fourth-order valence-electron chi connectivity index (χ4n) is 4.83. The van der Waals surface area contributed by atoms with Gasteiger partial charge in [0, 0.05) is 0 Å². The summed E-state index contributed by atoms with van der Waals surface area (Å²) in [4.78, 5) is 33.3. The third-order valence-corrected chi connectivity index (χ3v) is 8.02. The number of carbonyl (C=O) groups is 2. The number of fused-ring (bicyclic) bond motifs is 1. The zero-order chi connectivity index (χ0) is 29.6. The summed E-state index contributed by atoms with van der Waals surface area (Å²) in [6.45, 7) is 2.67. The number of methoxy groups -OCH3 is 2. The number of hydrogen-bond acceptors (Lipinski definition) is 8. The van der Waals surface area contributed by atoms with E-state index in [9.17, 15) is 14.7 Å². The minimum Gasteiger partial charge on any atom is -0.503 e. The number of allylic oxidation sites excluding steroid dienone is 1. The van der Waals surface area contributed by atoms with Crippen molar-refractivity contribution in [1.82, 2.24) is 4.98 Å². The lowest BCUT2D eigenvalue weighted by Gasteiger charge is -2.25. The van der Waals surface area contributed by atoms with Gasteiger partial charge in [-0.25, -0.2) is 4.98 Å². The van der Waals surface area contributed by atoms with E-state index in [1.807, 2.05) is 36.4 Å². The number of aromatic nitrogens is 1. The van der Waals surface area contributed by atoms with Crippen LogP contribution in [-0.4, -0.2) is 42.6 Å². The summed E-state index contributed by atoms with van der Waals surface area (Å²) in [5.74, 6) is -0.128. The van der Waals surface area contributed by atoms with Crippen LogP contribution in [0, 0.1) is 0 Å². The average Bonchev–Trinajstić information content (AvgIpc) is 3.55. The first-order valence-electron chi connectivity index (χ1n) is 13.7. The van der Waals surface area contributed by atoms with Crippen LogP contribution in [0.5, 0.6) is 17.2 Å². The van der Waals surface area contributed by atoms with Crippen LogP contribution in [-0.2, 0) is 9.59 Å². The molecule has 9 heteroatoms. The summed E-state index contributed by atoms with van der Waals surface area (Å²) < 4.78 is 17.7. The van der Waals surface area contributed by atoms with E-state index in [2.05, 4.69) is 11.9 Å². The van der Waals surface area contributed by atoms with E-state index in [4.69, 9.17) is 14.2 Å². The second kappa shape index (κ2) is 12.9. The maximum Gasteiger partial charge on any atom is 0.296 e. The van der Waals surface area contributed by atoms with Crippen molar-refractivity contribution in [2.75, 3.05) is 25.7 Å². The van der Waals surface area contributed by atoms with Crippen LogP contribution in [0.3, 0.4) is 0 Å². The smallest absolute Gasteiger partial charge is 0.296 e. The van der Waals surface area contributed by atoms with Crippen molar-refractivity contribution in [3.05, 3.63) is 95.3 Å². The lowest BCUT2D eigenvalue weighted by atomic mass is 9.95. The molecule has 5 rings (SSSR count). The predicted octanol–water partition coefficient (Wildman–Crippen LogP) is 7.07. The van der Waals surface area contributed by atoms with Crippen molar-refractivity contribution in [2.24, 2.45) is 0 Å². The molecule has 1 unspecified atom stereocenters. The number of rotatable bonds is 12. The lowest BCUT2D eigenvalue weighted by molar-refractivity contribution is -0.117. The lowest BCUT2D eigenvalue weighted by Crippen LogP contribution is -2.30. The Kier molecular flexibility index (Phi) is 8.88. The Balaban J connectivity index is 1.57. The third kappa shape index (κ3) is 5.87. The Bertz CT molecular complexity index is 1660. The Labute approximate surface area is 248 Å². The number of benzene rings is 3. The molecule has 216 valence electrons. The zero-order valence-corrected chi connectivity index (χ0v) is 24.5. The summed E-state index contributed by atoms with van der Waals surface area (Å²) in [6, 6.07) is 19.1. The first kappa shape index (κ1) is 28.9. The molecule has 1 aromatic heterocycles. The molecule has 0 fully saturated rings. The van der Waals surface area contributed by atoms with Crippen LogP contribution in [0.1, 0.15) is 43.4 Å². The Hall–Kier alpha value is -4.63. The molecule has 0 spiro atoms. The molecule has 0 saturated heterocycles. The number of aliphatic hydroxyl groups excluding tert-OH is 1. The van der Waals surface area contributed by atoms with Crippen LogP contribution < -0.4 is 19.1 Å². The van der Waals surface area contributed by atoms with Gasteiger partial charge in [-0.05, 0) is 54.0 Å². The van der Waals surface area contributed by atoms with Gasteiger partial charge in [0.05, 0.1) is 42.7 Å². The van der Waals surface area contributed by atoms with Crippen molar-refractivity contribution >= 4 is 44.5 Å². The standard InChI is InChI=1S/C33H32N2O6S/c1-4-5-9-18-41-26-17-13-22(19-27(26)40-3)30-29(25(36)16-12-21-10-7-6-8-11-21)31(37)32(38)35(30)33-34-24-15-14-23(39-2)20-28(24)42-33/h6-8,10-17,19-20,30,37H,4-5,9,18H2,1-3H3/b16-12+. The van der Waals surface area contributed by atoms with Gasteiger partial charge in [0.25, 0.3) is 5.91 Å². The minimum atomic E-state index is -0.948. The zero-order valence-electron chi connectivity index (χ0n) is 23.7. The summed E-state index contributed by atoms with van der Waals surface area (Å²) in [5.41, 5.74) is 2.01. The summed E-state index contributed by atoms with van der Waals surface area (Å²) in [7, 11) is 3.12. The number of unbranched alkanes of at least 4 members (excludes halogenated alkanes) is 2. The number of aliphatic hydroxyl groups is 1. The molecule has 0 radical (unpaired) electrons. The molecule has 1 atom stereocenters. The molecular formula is C33H32N2O6S. The Morgan fingerprint density at radius 2 is 1.83 bits per heavy atom. The van der Waals surface area contributed by atoms with Gasteiger partial charge in [-0.15, -0.1) is 0 Å². The number of ether oxygens (including phenoxy) is 3. The highest BCUT2D eigenvalue weighted by molar-refractivity contribution is 7.22. The molecule has 1 aliphatic rings. The molecule has 0 saturated carbocycles. The van der Waals surface area contributed by atoms with E-state index < -0.39 is 23.5 Å². The SMILES string of the molecule is CCCCCOc1ccc(C2C(C(=O)/C=C/c3ccccc3)=C(O)C(=O)N2c2nc3ccc(OC)cc3s2)cc1OC. The van der Waals surface area contributed by atoms with Gasteiger partial charge in [0.1, 0.15) is 5.75 Å². The fraction of sp³-hybridized carbons (Fsp3) is 0.242. The highest BCUT2D eigenvalue weighted by Gasteiger charge is 2.45. The number of carbonyl (C=O) groups excluding carboxylic acids is 2. The summed E-state index contributed by atoms with van der Waals surface area (Å²) in [5, 5.41) is 11.5. The second-order valence-electron chi connectivity index (χ2n) is 9.74. The second-order valence-corrected chi connectivity index (χ2v) is 10.8. The van der Waals surface area contributed by atoms with Crippen molar-refractivity contribution in [3.8, 4) is 17.2 Å². The normalized spacial score (nSPS) is 15.2. The predicted molar refractivity (Wildman–Crippen MR) is 165 cm³/mol. The van der Waals surface area contributed by atoms with E-state index in [1.165, 1.54) is 22.3 Å². The van der Waals surface area contributed by atoms with Crippen LogP contribution >= 0.6 is 11.3 Å². The summed E-state index contributed by atoms with van der Waals surface area (Å²) in [6.07, 6.45) is 6.08. The molecule has 4 aromatic rings. The van der Waals surface area contributed by atoms with Gasteiger partial charge in [-0.2, -0.15) is 0 Å². The molecule has 0 bridgehead atoms. The number of thiazole rings is 1. The van der Waals surface area contributed by atoms with Crippen molar-refractivity contribution < 1.29 is 28.9 Å². The molecular weight excluding hydrogens is 552 g/mol. The number of nitrogens with zero attached hydrogens (tertiary/aromatic N) is 2. The van der Waals surface area contributed by atoms with Gasteiger partial charge < -0.3 is 19.3 Å². The van der Waals surface area contributed by atoms with E-state index in [0.29, 0.717) is 40.1 Å². The van der Waals surface area contributed by atoms with Gasteiger partial charge in [0.15, 0.2) is 28.2 Å². The Morgan fingerprint density at radius 1 is 1.02 bits per heavy atom. The highest BCUT2D eigenvalue weighted by Crippen LogP contribution is 2.45. The van der Waals surface area contributed by atoms with E-state index in [-0.39, 0.29) is 5.57 Å². The van der Waals surface area contributed by atoms with Gasteiger partial charge in [-0.1, -0.05) is 73.6 Å². The van der Waals surface area contributed by atoms with Gasteiger partial charge >= 0.3 is 0 Å². The number of anilines is 1. The third-order valence-electron chi connectivity index (χ3n) is 7.00. The molecule has 1 N–H and O–H groups in total. The van der Waals surface area contributed by atoms with Crippen LogP contribution in [0.2, 0.25) is 0 Å². The van der Waals surface area contributed by atoms with Gasteiger partial charge in [0.2, 0.25) is 0 Å². The molecule has 3 aromatic carbocycles. The number of amides is 1. The molecule has 0 aliphatic carbocycles. The van der Waals surface area contributed by atoms with Crippen molar-refractivity contribution in [1.29, 1.82) is 0 Å². The number of hydrogen-bond donors (Lipinski definition) is 1. The molecule has 2 heterocycles.